The lowest BCUT2D eigenvalue weighted by Gasteiger charge is -2.09. The molecule has 23 heavy (non-hydrogen) atoms. The average molecular weight is 334 g/mol. The molecule has 9 heteroatoms. The molecule has 2 rings (SSSR count). The van der Waals surface area contributed by atoms with E-state index in [9.17, 15) is 23.0 Å². The summed E-state index contributed by atoms with van der Waals surface area (Å²) < 4.78 is 30.3. The number of benzene rings is 2. The number of ketones is 1. The largest absolute Gasteiger partial charge is 0.495 e. The van der Waals surface area contributed by atoms with Gasteiger partial charge in [-0.3, -0.25) is 4.79 Å². The van der Waals surface area contributed by atoms with Crippen molar-refractivity contribution in [1.82, 2.24) is 0 Å². The number of nitrogens with zero attached hydrogens (tertiary/aromatic N) is 2. The lowest BCUT2D eigenvalue weighted by Crippen LogP contribution is -2.06. The van der Waals surface area contributed by atoms with Crippen LogP contribution in [0.4, 0.5) is 5.69 Å². The van der Waals surface area contributed by atoms with Crippen LogP contribution in [0.3, 0.4) is 0 Å². The van der Waals surface area contributed by atoms with Gasteiger partial charge >= 0.3 is 10.0 Å². The molecule has 0 heterocycles. The summed E-state index contributed by atoms with van der Waals surface area (Å²) in [6.45, 7) is 0. The Kier molecular flexibility index (Phi) is 4.60. The second-order valence-corrected chi connectivity index (χ2v) is 5.90. The topological polar surface area (TPSA) is 119 Å². The van der Waals surface area contributed by atoms with E-state index < -0.39 is 20.7 Å². The van der Waals surface area contributed by atoms with E-state index in [1.54, 1.807) is 18.2 Å². The molecular weight excluding hydrogens is 324 g/mol. The predicted molar refractivity (Wildman–Crippen MR) is 81.3 cm³/mol. The van der Waals surface area contributed by atoms with Gasteiger partial charge in [0, 0.05) is 11.6 Å². The van der Waals surface area contributed by atoms with Crippen molar-refractivity contribution in [1.29, 1.82) is 0 Å². The van der Waals surface area contributed by atoms with Crippen molar-refractivity contribution in [3.05, 3.63) is 63.4 Å². The van der Waals surface area contributed by atoms with Crippen LogP contribution in [-0.4, -0.2) is 21.3 Å². The Balaban J connectivity index is 2.73. The zero-order valence-corrected chi connectivity index (χ0v) is 12.6. The SMILES string of the molecule is COc1cc(N=O)c(C(=O)c2ccccc2)cc1S(=O)(=O)N=O. The fraction of sp³-hybridized carbons (Fsp3) is 0.0714. The van der Waals surface area contributed by atoms with E-state index in [2.05, 4.69) is 9.76 Å². The predicted octanol–water partition coefficient (Wildman–Crippen LogP) is 2.78. The molecule has 0 amide bonds. The van der Waals surface area contributed by atoms with E-state index in [0.29, 0.717) is 0 Å². The molecule has 0 aliphatic rings. The molecule has 0 spiro atoms. The Morgan fingerprint density at radius 2 is 1.74 bits per heavy atom. The van der Waals surface area contributed by atoms with Crippen LogP contribution in [-0.2, 0) is 10.0 Å². The molecule has 0 fully saturated rings. The van der Waals surface area contributed by atoms with Gasteiger partial charge in [-0.25, -0.2) is 0 Å². The molecule has 118 valence electrons. The van der Waals surface area contributed by atoms with E-state index in [-0.39, 0.29) is 22.6 Å². The molecular formula is C14H10N2O6S. The molecule has 2 aromatic carbocycles. The summed E-state index contributed by atoms with van der Waals surface area (Å²) in [5.74, 6) is -0.922. The van der Waals surface area contributed by atoms with E-state index in [1.165, 1.54) is 12.1 Å². The standard InChI is InChI=1S/C14H10N2O6S/c1-22-12-8-11(15-18)10(7-13(12)23(20,21)16-19)14(17)9-5-3-2-4-6-9/h2-8H,1H3. The maximum Gasteiger partial charge on any atom is 0.320 e. The smallest absolute Gasteiger partial charge is 0.320 e. The van der Waals surface area contributed by atoms with Gasteiger partial charge in [-0.2, -0.15) is 8.42 Å². The van der Waals surface area contributed by atoms with Gasteiger partial charge in [0.25, 0.3) is 0 Å². The third-order valence-corrected chi connectivity index (χ3v) is 4.11. The minimum Gasteiger partial charge on any atom is -0.495 e. The summed E-state index contributed by atoms with van der Waals surface area (Å²) in [4.78, 5) is 33.3. The molecule has 0 aromatic heterocycles. The Morgan fingerprint density at radius 3 is 2.26 bits per heavy atom. The quantitative estimate of drug-likeness (QED) is 0.592. The zero-order chi connectivity index (χ0) is 17.0. The van der Waals surface area contributed by atoms with Gasteiger partial charge in [-0.05, 0) is 11.2 Å². The van der Waals surface area contributed by atoms with Gasteiger partial charge in [0.15, 0.2) is 5.78 Å². The highest BCUT2D eigenvalue weighted by Crippen LogP contribution is 2.34. The van der Waals surface area contributed by atoms with Crippen molar-refractivity contribution in [2.75, 3.05) is 7.11 Å². The number of methoxy groups -OCH3 is 1. The number of carbonyl (C=O) groups is 1. The first-order valence-electron chi connectivity index (χ1n) is 6.19. The molecule has 0 aliphatic heterocycles. The van der Waals surface area contributed by atoms with Gasteiger partial charge in [-0.1, -0.05) is 30.3 Å². The number of rotatable bonds is 6. The van der Waals surface area contributed by atoms with Gasteiger partial charge in [0.05, 0.1) is 17.3 Å². The third-order valence-electron chi connectivity index (χ3n) is 3.04. The van der Waals surface area contributed by atoms with Crippen molar-refractivity contribution in [3.63, 3.8) is 0 Å². The van der Waals surface area contributed by atoms with Crippen LogP contribution in [0.1, 0.15) is 15.9 Å². The monoisotopic (exact) mass is 334 g/mol. The van der Waals surface area contributed by atoms with Gasteiger partial charge in [0.2, 0.25) is 0 Å². The third kappa shape index (κ3) is 3.14. The zero-order valence-electron chi connectivity index (χ0n) is 11.8. The van der Waals surface area contributed by atoms with E-state index in [0.717, 1.165) is 19.2 Å². The fourth-order valence-corrected chi connectivity index (χ4v) is 2.70. The summed E-state index contributed by atoms with van der Waals surface area (Å²) in [6, 6.07) is 9.73. The van der Waals surface area contributed by atoms with Crippen LogP contribution in [0, 0.1) is 9.81 Å². The van der Waals surface area contributed by atoms with E-state index >= 15 is 0 Å². The molecule has 0 aliphatic carbocycles. The molecule has 0 unspecified atom stereocenters. The van der Waals surface area contributed by atoms with Crippen LogP contribution in [0.2, 0.25) is 0 Å². The van der Waals surface area contributed by atoms with Crippen LogP contribution < -0.4 is 4.74 Å². The van der Waals surface area contributed by atoms with Crippen molar-refractivity contribution in [3.8, 4) is 5.75 Å². The van der Waals surface area contributed by atoms with Crippen molar-refractivity contribution < 1.29 is 17.9 Å². The first-order valence-corrected chi connectivity index (χ1v) is 7.63. The van der Waals surface area contributed by atoms with Crippen molar-refractivity contribution in [2.24, 2.45) is 9.76 Å². The molecule has 0 N–H and O–H groups in total. The number of nitroso groups, excluding NO2 is 2. The normalized spacial score (nSPS) is 10.8. The molecule has 0 bridgehead atoms. The highest BCUT2D eigenvalue weighted by Gasteiger charge is 2.26. The minimum absolute atomic E-state index is 0.227. The second kappa shape index (κ2) is 6.44. The Hall–Kier alpha value is -2.94. The summed E-state index contributed by atoms with van der Waals surface area (Å²) in [5, 5.41) is 2.72. The maximum atomic E-state index is 12.4. The molecule has 0 radical (unpaired) electrons. The maximum absolute atomic E-state index is 12.4. The van der Waals surface area contributed by atoms with Crippen LogP contribution in [0.15, 0.2) is 57.1 Å². The Bertz CT molecular complexity index is 878. The molecule has 2 aromatic rings. The Morgan fingerprint density at radius 1 is 1.09 bits per heavy atom. The van der Waals surface area contributed by atoms with Crippen LogP contribution in [0.5, 0.6) is 5.75 Å². The highest BCUT2D eigenvalue weighted by molar-refractivity contribution is 7.90. The fourth-order valence-electron chi connectivity index (χ4n) is 1.95. The summed E-state index contributed by atoms with van der Waals surface area (Å²) in [7, 11) is -3.41. The molecule has 0 saturated carbocycles. The van der Waals surface area contributed by atoms with Gasteiger partial charge in [-0.15, -0.1) is 9.81 Å². The highest BCUT2D eigenvalue weighted by atomic mass is 32.2. The van der Waals surface area contributed by atoms with Crippen molar-refractivity contribution >= 4 is 21.5 Å². The van der Waals surface area contributed by atoms with E-state index in [1.807, 2.05) is 0 Å². The first kappa shape index (κ1) is 16.4. The number of ether oxygens (including phenoxy) is 1. The van der Waals surface area contributed by atoms with Crippen molar-refractivity contribution in [2.45, 2.75) is 4.90 Å². The molecule has 0 saturated heterocycles. The number of carbonyl (C=O) groups excluding carboxylic acids is 1. The average Bonchev–Trinajstić information content (AvgIpc) is 2.60. The van der Waals surface area contributed by atoms with Crippen LogP contribution >= 0.6 is 0 Å². The second-order valence-electron chi connectivity index (χ2n) is 4.36. The summed E-state index contributed by atoms with van der Waals surface area (Å²) >= 11 is 0. The number of hydrogen-bond acceptors (Lipinski definition) is 7. The van der Waals surface area contributed by atoms with Gasteiger partial charge in [0.1, 0.15) is 16.3 Å². The van der Waals surface area contributed by atoms with E-state index in [4.69, 9.17) is 4.74 Å². The summed E-state index contributed by atoms with van der Waals surface area (Å²) in [5.41, 5.74) is -0.347. The van der Waals surface area contributed by atoms with Crippen LogP contribution in [0.25, 0.3) is 0 Å². The van der Waals surface area contributed by atoms with Gasteiger partial charge < -0.3 is 4.74 Å². The first-order chi connectivity index (χ1) is 10.9. The Labute approximate surface area is 131 Å². The minimum atomic E-state index is -4.56. The lowest BCUT2D eigenvalue weighted by atomic mass is 10.0. The number of sulfonamides is 1. The molecule has 8 nitrogen and oxygen atoms in total. The number of hydrogen-bond donors (Lipinski definition) is 0. The summed E-state index contributed by atoms with van der Waals surface area (Å²) in [6.07, 6.45) is 0. The lowest BCUT2D eigenvalue weighted by molar-refractivity contribution is 0.103. The molecule has 0 atom stereocenters.